The zero-order valence-corrected chi connectivity index (χ0v) is 19.6. The number of carboxylic acids is 1. The number of aryl methyl sites for hydroxylation is 1. The van der Waals surface area contributed by atoms with Gasteiger partial charge in [-0.1, -0.05) is 38.1 Å². The number of thiophene rings is 1. The number of carbonyl (C=O) groups excluding carboxylic acids is 2. The number of fused-ring (bicyclic) bond motifs is 2. The Morgan fingerprint density at radius 2 is 1.72 bits per heavy atom. The summed E-state index contributed by atoms with van der Waals surface area (Å²) in [6.07, 6.45) is 2.54. The van der Waals surface area contributed by atoms with Crippen molar-refractivity contribution in [2.45, 2.75) is 46.0 Å². The van der Waals surface area contributed by atoms with Gasteiger partial charge in [-0.05, 0) is 55.1 Å². The highest BCUT2D eigenvalue weighted by molar-refractivity contribution is 7.17. The molecule has 1 aromatic heterocycles. The summed E-state index contributed by atoms with van der Waals surface area (Å²) in [6.45, 7) is 6.16. The summed E-state index contributed by atoms with van der Waals surface area (Å²) in [7, 11) is 1.32. The molecule has 4 rings (SSSR count). The van der Waals surface area contributed by atoms with Crippen LogP contribution in [0.15, 0.2) is 24.3 Å². The Bertz CT molecular complexity index is 1060. The van der Waals surface area contributed by atoms with Crippen LogP contribution >= 0.6 is 11.3 Å². The van der Waals surface area contributed by atoms with Crippen molar-refractivity contribution >= 4 is 34.2 Å². The van der Waals surface area contributed by atoms with Crippen molar-refractivity contribution in [3.8, 4) is 11.1 Å². The monoisotopic (exact) mass is 455 g/mol. The molecule has 1 heterocycles. The van der Waals surface area contributed by atoms with Crippen LogP contribution in [-0.4, -0.2) is 30.1 Å². The number of carbonyl (C=O) groups is 3. The fourth-order valence-corrected chi connectivity index (χ4v) is 6.60. The maximum absolute atomic E-state index is 13.2. The maximum Gasteiger partial charge on any atom is 0.341 e. The molecule has 0 saturated heterocycles. The molecule has 2 aliphatic rings. The molecular formula is C25H29NO5S. The Morgan fingerprint density at radius 3 is 2.28 bits per heavy atom. The van der Waals surface area contributed by atoms with Gasteiger partial charge in [-0.2, -0.15) is 0 Å². The lowest BCUT2D eigenvalue weighted by molar-refractivity contribution is -0.148. The number of benzene rings is 1. The van der Waals surface area contributed by atoms with Crippen molar-refractivity contribution < 1.29 is 24.2 Å². The number of ether oxygens (including phenoxy) is 1. The van der Waals surface area contributed by atoms with Crippen LogP contribution in [0.4, 0.5) is 5.00 Å². The lowest BCUT2D eigenvalue weighted by atomic mass is 9.78. The van der Waals surface area contributed by atoms with E-state index in [1.807, 2.05) is 31.2 Å². The number of methoxy groups -OCH3 is 1. The number of esters is 1. The Balaban J connectivity index is 1.69. The fraction of sp³-hybridized carbons (Fsp3) is 0.480. The minimum absolute atomic E-state index is 0.0634. The topological polar surface area (TPSA) is 92.7 Å². The van der Waals surface area contributed by atoms with Crippen LogP contribution in [0.25, 0.3) is 11.1 Å². The summed E-state index contributed by atoms with van der Waals surface area (Å²) in [6, 6.07) is 8.06. The van der Waals surface area contributed by atoms with E-state index in [4.69, 9.17) is 4.74 Å². The van der Waals surface area contributed by atoms with Crippen LogP contribution in [0, 0.1) is 30.6 Å². The van der Waals surface area contributed by atoms with Crippen LogP contribution in [0.5, 0.6) is 0 Å². The van der Waals surface area contributed by atoms with Gasteiger partial charge in [0.05, 0.1) is 18.9 Å². The maximum atomic E-state index is 13.2. The first-order chi connectivity index (χ1) is 15.2. The highest BCUT2D eigenvalue weighted by Crippen LogP contribution is 2.53. The van der Waals surface area contributed by atoms with Crippen LogP contribution in [0.3, 0.4) is 0 Å². The Labute approximate surface area is 192 Å². The number of hydrogen-bond donors (Lipinski definition) is 2. The Morgan fingerprint density at radius 1 is 1.09 bits per heavy atom. The highest BCUT2D eigenvalue weighted by Gasteiger charge is 2.54. The van der Waals surface area contributed by atoms with Crippen molar-refractivity contribution in [2.24, 2.45) is 23.7 Å². The summed E-state index contributed by atoms with van der Waals surface area (Å²) < 4.78 is 5.05. The molecule has 2 saturated carbocycles. The van der Waals surface area contributed by atoms with E-state index in [0.29, 0.717) is 16.5 Å². The van der Waals surface area contributed by atoms with Crippen LogP contribution in [0.1, 0.15) is 59.8 Å². The number of hydrogen-bond acceptors (Lipinski definition) is 5. The molecule has 2 fully saturated rings. The first-order valence-electron chi connectivity index (χ1n) is 11.1. The van der Waals surface area contributed by atoms with E-state index >= 15 is 0 Å². The van der Waals surface area contributed by atoms with Gasteiger partial charge in [-0.3, -0.25) is 9.59 Å². The summed E-state index contributed by atoms with van der Waals surface area (Å²) in [4.78, 5) is 38.7. The van der Waals surface area contributed by atoms with Crippen LogP contribution in [-0.2, 0) is 14.3 Å². The van der Waals surface area contributed by atoms with Gasteiger partial charge in [0.1, 0.15) is 10.6 Å². The molecule has 2 bridgehead atoms. The van der Waals surface area contributed by atoms with E-state index in [1.54, 1.807) is 0 Å². The molecule has 0 spiro atoms. The first kappa shape index (κ1) is 22.5. The molecule has 1 aromatic carbocycles. The molecule has 170 valence electrons. The van der Waals surface area contributed by atoms with Gasteiger partial charge in [0, 0.05) is 10.4 Å². The average molecular weight is 456 g/mol. The SMILES string of the molecule is COC(=O)c1c(NC(=O)[C@H]2[C@H]3CC[C@@H](C3)[C@H]2C(=O)O)sc(C)c1-c1ccc(C(C)C)cc1. The van der Waals surface area contributed by atoms with Crippen molar-refractivity contribution in [3.63, 3.8) is 0 Å². The average Bonchev–Trinajstić information content (AvgIpc) is 3.46. The smallest absolute Gasteiger partial charge is 0.341 e. The standard InChI is InChI=1S/C25H29NO5S/c1-12(2)14-5-7-15(8-6-14)18-13(3)32-23(21(18)25(30)31-4)26-22(27)19-16-9-10-17(11-16)20(19)24(28)29/h5-8,12,16-17,19-20H,9-11H2,1-4H3,(H,26,27)(H,28,29)/t16-,17-,19-,20+/m0/s1. The zero-order valence-electron chi connectivity index (χ0n) is 18.8. The summed E-state index contributed by atoms with van der Waals surface area (Å²) >= 11 is 1.33. The van der Waals surface area contributed by atoms with E-state index in [1.165, 1.54) is 24.0 Å². The normalized spacial score (nSPS) is 24.0. The number of amides is 1. The van der Waals surface area contributed by atoms with E-state index in [9.17, 15) is 19.5 Å². The van der Waals surface area contributed by atoms with Crippen LogP contribution in [0.2, 0.25) is 0 Å². The first-order valence-corrected chi connectivity index (χ1v) is 11.9. The molecule has 6 nitrogen and oxygen atoms in total. The number of carboxylic acid groups (broad SMARTS) is 1. The fourth-order valence-electron chi connectivity index (χ4n) is 5.53. The largest absolute Gasteiger partial charge is 0.481 e. The highest BCUT2D eigenvalue weighted by atomic mass is 32.1. The van der Waals surface area contributed by atoms with E-state index in [0.717, 1.165) is 35.3 Å². The van der Waals surface area contributed by atoms with Gasteiger partial charge in [0.2, 0.25) is 5.91 Å². The number of aliphatic carboxylic acids is 1. The van der Waals surface area contributed by atoms with E-state index < -0.39 is 23.8 Å². The van der Waals surface area contributed by atoms with Crippen molar-refractivity contribution in [1.82, 2.24) is 0 Å². The van der Waals surface area contributed by atoms with Gasteiger partial charge in [0.15, 0.2) is 0 Å². The molecule has 2 aliphatic carbocycles. The summed E-state index contributed by atoms with van der Waals surface area (Å²) in [5.41, 5.74) is 3.16. The molecule has 0 aliphatic heterocycles. The quantitative estimate of drug-likeness (QED) is 0.575. The van der Waals surface area contributed by atoms with Crippen LogP contribution < -0.4 is 5.32 Å². The number of rotatable bonds is 6. The lowest BCUT2D eigenvalue weighted by Gasteiger charge is -2.26. The zero-order chi connectivity index (χ0) is 23.2. The van der Waals surface area contributed by atoms with Gasteiger partial charge >= 0.3 is 11.9 Å². The Hall–Kier alpha value is -2.67. The molecule has 4 atom stereocenters. The Kier molecular flexibility index (Phi) is 6.12. The van der Waals surface area contributed by atoms with E-state index in [2.05, 4.69) is 19.2 Å². The third-order valence-electron chi connectivity index (χ3n) is 7.08. The molecule has 7 heteroatoms. The summed E-state index contributed by atoms with van der Waals surface area (Å²) in [5.74, 6) is -2.40. The van der Waals surface area contributed by atoms with E-state index in [-0.39, 0.29) is 17.7 Å². The minimum atomic E-state index is -0.904. The van der Waals surface area contributed by atoms with Crippen molar-refractivity contribution in [1.29, 1.82) is 0 Å². The van der Waals surface area contributed by atoms with Crippen molar-refractivity contribution in [2.75, 3.05) is 12.4 Å². The molecule has 0 radical (unpaired) electrons. The molecule has 2 aromatic rings. The second kappa shape index (κ2) is 8.70. The second-order valence-electron chi connectivity index (χ2n) is 9.22. The van der Waals surface area contributed by atoms with Crippen molar-refractivity contribution in [3.05, 3.63) is 40.3 Å². The van der Waals surface area contributed by atoms with Gasteiger partial charge in [-0.25, -0.2) is 4.79 Å². The molecule has 32 heavy (non-hydrogen) atoms. The summed E-state index contributed by atoms with van der Waals surface area (Å²) in [5, 5.41) is 13.0. The third kappa shape index (κ3) is 3.83. The van der Waals surface area contributed by atoms with Gasteiger partial charge < -0.3 is 15.2 Å². The van der Waals surface area contributed by atoms with Gasteiger partial charge in [0.25, 0.3) is 0 Å². The molecule has 2 N–H and O–H groups in total. The predicted octanol–water partition coefficient (Wildman–Crippen LogP) is 5.32. The molecule has 0 unspecified atom stereocenters. The van der Waals surface area contributed by atoms with Gasteiger partial charge in [-0.15, -0.1) is 11.3 Å². The molecular weight excluding hydrogens is 426 g/mol. The lowest BCUT2D eigenvalue weighted by Crippen LogP contribution is -2.37. The second-order valence-corrected chi connectivity index (χ2v) is 10.4. The predicted molar refractivity (Wildman–Crippen MR) is 124 cm³/mol. The number of anilines is 1. The minimum Gasteiger partial charge on any atom is -0.481 e. The molecule has 1 amide bonds. The number of nitrogens with one attached hydrogen (secondary N) is 1. The third-order valence-corrected chi connectivity index (χ3v) is 8.10.